The summed E-state index contributed by atoms with van der Waals surface area (Å²) < 4.78 is 10.6. The fourth-order valence-corrected chi connectivity index (χ4v) is 2.58. The Hall–Kier alpha value is -2.04. The number of nitrogens with zero attached hydrogens (tertiary/aromatic N) is 2. The van der Waals surface area contributed by atoms with E-state index in [4.69, 9.17) is 15.2 Å². The largest absolute Gasteiger partial charge is 0.493 e. The topological polar surface area (TPSA) is 70.3 Å². The van der Waals surface area contributed by atoms with Gasteiger partial charge in [0.05, 0.1) is 19.7 Å². The van der Waals surface area contributed by atoms with Crippen molar-refractivity contribution in [2.75, 3.05) is 20.0 Å². The molecule has 2 N–H and O–H groups in total. The van der Waals surface area contributed by atoms with E-state index in [1.54, 1.807) is 14.2 Å². The Morgan fingerprint density at radius 2 is 1.85 bits per heavy atom. The predicted molar refractivity (Wildman–Crippen MR) is 78.1 cm³/mol. The molecule has 1 aromatic heterocycles. The molecule has 0 atom stereocenters. The molecule has 0 unspecified atom stereocenters. The molecule has 2 aromatic rings. The summed E-state index contributed by atoms with van der Waals surface area (Å²) in [4.78, 5) is 9.04. The SMILES string of the molecule is COc1cc2nc(CC3CCC3)nc(N)c2cc1OC. The highest BCUT2D eigenvalue weighted by molar-refractivity contribution is 5.90. The third kappa shape index (κ3) is 2.24. The summed E-state index contributed by atoms with van der Waals surface area (Å²) in [5, 5.41) is 0.806. The smallest absolute Gasteiger partial charge is 0.162 e. The molecule has 5 nitrogen and oxygen atoms in total. The molecule has 0 radical (unpaired) electrons. The van der Waals surface area contributed by atoms with Crippen LogP contribution in [-0.2, 0) is 6.42 Å². The van der Waals surface area contributed by atoms with Gasteiger partial charge in [0.15, 0.2) is 11.5 Å². The van der Waals surface area contributed by atoms with Crippen LogP contribution in [0, 0.1) is 5.92 Å². The van der Waals surface area contributed by atoms with Gasteiger partial charge < -0.3 is 15.2 Å². The Balaban J connectivity index is 2.04. The fourth-order valence-electron chi connectivity index (χ4n) is 2.58. The van der Waals surface area contributed by atoms with Gasteiger partial charge in [0.1, 0.15) is 11.6 Å². The molecule has 1 aliphatic rings. The zero-order valence-corrected chi connectivity index (χ0v) is 11.8. The molecule has 0 saturated heterocycles. The Bertz CT molecular complexity index is 639. The van der Waals surface area contributed by atoms with E-state index in [-0.39, 0.29) is 0 Å². The van der Waals surface area contributed by atoms with E-state index >= 15 is 0 Å². The molecule has 0 aliphatic heterocycles. The minimum absolute atomic E-state index is 0.505. The van der Waals surface area contributed by atoms with Gasteiger partial charge in [0.2, 0.25) is 0 Å². The highest BCUT2D eigenvalue weighted by Gasteiger charge is 2.20. The van der Waals surface area contributed by atoms with E-state index < -0.39 is 0 Å². The highest BCUT2D eigenvalue weighted by atomic mass is 16.5. The van der Waals surface area contributed by atoms with Crippen LogP contribution in [0.4, 0.5) is 5.82 Å². The van der Waals surface area contributed by atoms with Gasteiger partial charge in [-0.2, -0.15) is 0 Å². The number of nitrogens with two attached hydrogens (primary N) is 1. The fraction of sp³-hybridized carbons (Fsp3) is 0.467. The lowest BCUT2D eigenvalue weighted by Crippen LogP contribution is -2.16. The number of hydrogen-bond donors (Lipinski definition) is 1. The van der Waals surface area contributed by atoms with Crippen LogP contribution < -0.4 is 15.2 Å². The van der Waals surface area contributed by atoms with E-state index in [0.29, 0.717) is 23.2 Å². The van der Waals surface area contributed by atoms with Crippen molar-refractivity contribution >= 4 is 16.7 Å². The van der Waals surface area contributed by atoms with E-state index in [1.807, 2.05) is 12.1 Å². The van der Waals surface area contributed by atoms with Gasteiger partial charge in [-0.1, -0.05) is 19.3 Å². The summed E-state index contributed by atoms with van der Waals surface area (Å²) in [5.41, 5.74) is 6.87. The zero-order valence-electron chi connectivity index (χ0n) is 11.8. The van der Waals surface area contributed by atoms with Gasteiger partial charge in [0, 0.05) is 17.9 Å². The molecule has 1 saturated carbocycles. The second kappa shape index (κ2) is 5.15. The van der Waals surface area contributed by atoms with Crippen molar-refractivity contribution in [3.8, 4) is 11.5 Å². The van der Waals surface area contributed by atoms with Crippen molar-refractivity contribution in [1.29, 1.82) is 0 Å². The number of ether oxygens (including phenoxy) is 2. The first-order valence-electron chi connectivity index (χ1n) is 6.89. The molecule has 3 rings (SSSR count). The van der Waals surface area contributed by atoms with Crippen LogP contribution in [-0.4, -0.2) is 24.2 Å². The summed E-state index contributed by atoms with van der Waals surface area (Å²) in [6, 6.07) is 3.69. The first-order valence-corrected chi connectivity index (χ1v) is 6.89. The first kappa shape index (κ1) is 13.0. The minimum Gasteiger partial charge on any atom is -0.493 e. The molecule has 0 spiro atoms. The maximum Gasteiger partial charge on any atom is 0.162 e. The van der Waals surface area contributed by atoms with Crippen LogP contribution >= 0.6 is 0 Å². The monoisotopic (exact) mass is 273 g/mol. The number of benzene rings is 1. The van der Waals surface area contributed by atoms with Gasteiger partial charge in [0.25, 0.3) is 0 Å². The second-order valence-corrected chi connectivity index (χ2v) is 5.25. The molecule has 1 aromatic carbocycles. The zero-order chi connectivity index (χ0) is 14.1. The number of aromatic nitrogens is 2. The lowest BCUT2D eigenvalue weighted by atomic mass is 9.83. The lowest BCUT2D eigenvalue weighted by molar-refractivity contribution is 0.309. The number of rotatable bonds is 4. The molecule has 5 heteroatoms. The van der Waals surface area contributed by atoms with Crippen molar-refractivity contribution in [3.05, 3.63) is 18.0 Å². The molecular weight excluding hydrogens is 254 g/mol. The molecule has 1 heterocycles. The van der Waals surface area contributed by atoms with Gasteiger partial charge >= 0.3 is 0 Å². The van der Waals surface area contributed by atoms with E-state index in [9.17, 15) is 0 Å². The number of methoxy groups -OCH3 is 2. The molecule has 106 valence electrons. The van der Waals surface area contributed by atoms with E-state index in [0.717, 1.165) is 23.1 Å². The average molecular weight is 273 g/mol. The Morgan fingerprint density at radius 3 is 2.45 bits per heavy atom. The van der Waals surface area contributed by atoms with Gasteiger partial charge in [-0.25, -0.2) is 9.97 Å². The van der Waals surface area contributed by atoms with Crippen molar-refractivity contribution < 1.29 is 9.47 Å². The van der Waals surface area contributed by atoms with Crippen molar-refractivity contribution in [3.63, 3.8) is 0 Å². The third-order valence-electron chi connectivity index (χ3n) is 3.97. The summed E-state index contributed by atoms with van der Waals surface area (Å²) in [6.45, 7) is 0. The van der Waals surface area contributed by atoms with Gasteiger partial charge in [-0.15, -0.1) is 0 Å². The first-order chi connectivity index (χ1) is 9.71. The second-order valence-electron chi connectivity index (χ2n) is 5.25. The number of nitrogen functional groups attached to an aromatic ring is 1. The Morgan fingerprint density at radius 1 is 1.15 bits per heavy atom. The maximum atomic E-state index is 6.06. The van der Waals surface area contributed by atoms with E-state index in [1.165, 1.54) is 19.3 Å². The Labute approximate surface area is 118 Å². The number of anilines is 1. The summed E-state index contributed by atoms with van der Waals surface area (Å²) in [6.07, 6.45) is 4.77. The molecule has 0 amide bonds. The standard InChI is InChI=1S/C15H19N3O2/c1-19-12-7-10-11(8-13(12)20-2)17-14(18-15(10)16)6-9-4-3-5-9/h7-9H,3-6H2,1-2H3,(H2,16,17,18). The summed E-state index contributed by atoms with van der Waals surface area (Å²) in [7, 11) is 3.22. The quantitative estimate of drug-likeness (QED) is 0.927. The predicted octanol–water partition coefficient (Wildman–Crippen LogP) is 2.57. The minimum atomic E-state index is 0.505. The third-order valence-corrected chi connectivity index (χ3v) is 3.97. The van der Waals surface area contributed by atoms with Gasteiger partial charge in [-0.3, -0.25) is 0 Å². The normalized spacial score (nSPS) is 15.1. The summed E-state index contributed by atoms with van der Waals surface area (Å²) in [5.74, 6) is 3.35. The van der Waals surface area contributed by atoms with Crippen LogP contribution in [0.25, 0.3) is 10.9 Å². The number of hydrogen-bond acceptors (Lipinski definition) is 5. The summed E-state index contributed by atoms with van der Waals surface area (Å²) >= 11 is 0. The van der Waals surface area contributed by atoms with Crippen LogP contribution in [0.3, 0.4) is 0 Å². The van der Waals surface area contributed by atoms with Crippen LogP contribution in [0.5, 0.6) is 11.5 Å². The molecular formula is C15H19N3O2. The molecule has 1 fully saturated rings. The van der Waals surface area contributed by atoms with E-state index in [2.05, 4.69) is 9.97 Å². The van der Waals surface area contributed by atoms with Gasteiger partial charge in [-0.05, 0) is 12.0 Å². The van der Waals surface area contributed by atoms with Crippen LogP contribution in [0.1, 0.15) is 25.1 Å². The maximum absolute atomic E-state index is 6.06. The van der Waals surface area contributed by atoms with Crippen molar-refractivity contribution in [1.82, 2.24) is 9.97 Å². The van der Waals surface area contributed by atoms with Crippen LogP contribution in [0.15, 0.2) is 12.1 Å². The molecule has 1 aliphatic carbocycles. The Kier molecular flexibility index (Phi) is 3.34. The molecule has 20 heavy (non-hydrogen) atoms. The average Bonchev–Trinajstić information content (AvgIpc) is 2.41. The molecule has 0 bridgehead atoms. The lowest BCUT2D eigenvalue weighted by Gasteiger charge is -2.24. The highest BCUT2D eigenvalue weighted by Crippen LogP contribution is 2.34. The van der Waals surface area contributed by atoms with Crippen LogP contribution in [0.2, 0.25) is 0 Å². The van der Waals surface area contributed by atoms with Crippen molar-refractivity contribution in [2.24, 2.45) is 5.92 Å². The number of fused-ring (bicyclic) bond motifs is 1. The van der Waals surface area contributed by atoms with Crippen molar-refractivity contribution in [2.45, 2.75) is 25.7 Å².